The van der Waals surface area contributed by atoms with Crippen LogP contribution in [0.15, 0.2) is 17.5 Å². The molecule has 1 rings (SSSR count). The first kappa shape index (κ1) is 14.9. The van der Waals surface area contributed by atoms with Gasteiger partial charge in [-0.25, -0.2) is 0 Å². The SMILES string of the molecule is CC(c1cccs1)N(C)C(=O)C(F)(F)C(F)(F)F. The molecule has 0 aromatic carbocycles. The quantitative estimate of drug-likeness (QED) is 0.780. The van der Waals surface area contributed by atoms with E-state index in [9.17, 15) is 26.7 Å². The van der Waals surface area contributed by atoms with Crippen molar-refractivity contribution < 1.29 is 26.7 Å². The molecule has 0 bridgehead atoms. The summed E-state index contributed by atoms with van der Waals surface area (Å²) in [5.41, 5.74) is 0. The van der Waals surface area contributed by atoms with E-state index >= 15 is 0 Å². The summed E-state index contributed by atoms with van der Waals surface area (Å²) in [7, 11) is 0.923. The molecule has 0 fully saturated rings. The van der Waals surface area contributed by atoms with Gasteiger partial charge in [0.25, 0.3) is 0 Å². The fraction of sp³-hybridized carbons (Fsp3) is 0.500. The van der Waals surface area contributed by atoms with Gasteiger partial charge in [0.2, 0.25) is 0 Å². The molecule has 102 valence electrons. The number of carbonyl (C=O) groups excluding carboxylic acids is 1. The Balaban J connectivity index is 2.91. The number of carbonyl (C=O) groups is 1. The molecule has 0 N–H and O–H groups in total. The van der Waals surface area contributed by atoms with Crippen molar-refractivity contribution in [3.8, 4) is 0 Å². The summed E-state index contributed by atoms with van der Waals surface area (Å²) in [5, 5.41) is 1.64. The highest BCUT2D eigenvalue weighted by molar-refractivity contribution is 7.10. The lowest BCUT2D eigenvalue weighted by atomic mass is 10.2. The molecule has 1 aromatic rings. The minimum Gasteiger partial charge on any atom is -0.333 e. The number of thiophene rings is 1. The van der Waals surface area contributed by atoms with Crippen molar-refractivity contribution in [3.05, 3.63) is 22.4 Å². The van der Waals surface area contributed by atoms with E-state index in [1.54, 1.807) is 17.5 Å². The zero-order valence-electron chi connectivity index (χ0n) is 9.46. The van der Waals surface area contributed by atoms with Gasteiger partial charge in [-0.1, -0.05) is 6.07 Å². The summed E-state index contributed by atoms with van der Waals surface area (Å²) < 4.78 is 61.9. The van der Waals surface area contributed by atoms with Crippen LogP contribution >= 0.6 is 11.3 Å². The Morgan fingerprint density at radius 2 is 1.89 bits per heavy atom. The summed E-state index contributed by atoms with van der Waals surface area (Å²) >= 11 is 1.17. The number of alkyl halides is 5. The van der Waals surface area contributed by atoms with E-state index in [-0.39, 0.29) is 0 Å². The van der Waals surface area contributed by atoms with Crippen molar-refractivity contribution in [3.63, 3.8) is 0 Å². The molecule has 1 aromatic heterocycles. The number of nitrogens with zero attached hydrogens (tertiary/aromatic N) is 1. The summed E-state index contributed by atoms with van der Waals surface area (Å²) in [6, 6.07) is 2.34. The summed E-state index contributed by atoms with van der Waals surface area (Å²) in [5.74, 6) is -7.62. The molecule has 0 saturated carbocycles. The molecular weight excluding hydrogens is 277 g/mol. The molecule has 1 amide bonds. The Kier molecular flexibility index (Phi) is 3.99. The molecule has 0 aliphatic rings. The maximum atomic E-state index is 12.9. The van der Waals surface area contributed by atoms with Gasteiger partial charge in [0.15, 0.2) is 0 Å². The van der Waals surface area contributed by atoms with Gasteiger partial charge in [-0.3, -0.25) is 4.79 Å². The normalized spacial score (nSPS) is 14.4. The Hall–Kier alpha value is -1.18. The van der Waals surface area contributed by atoms with E-state index in [1.165, 1.54) is 18.3 Å². The first-order valence-electron chi connectivity index (χ1n) is 4.84. The molecular formula is C10H10F5NOS. The monoisotopic (exact) mass is 287 g/mol. The summed E-state index contributed by atoms with van der Waals surface area (Å²) in [4.78, 5) is 12.1. The maximum absolute atomic E-state index is 12.9. The van der Waals surface area contributed by atoms with Crippen LogP contribution in [-0.4, -0.2) is 30.0 Å². The topological polar surface area (TPSA) is 20.3 Å². The molecule has 18 heavy (non-hydrogen) atoms. The van der Waals surface area contributed by atoms with Crippen LogP contribution in [0.4, 0.5) is 22.0 Å². The first-order valence-corrected chi connectivity index (χ1v) is 5.72. The minimum absolute atomic E-state index is 0.402. The predicted molar refractivity (Wildman–Crippen MR) is 56.5 cm³/mol. The predicted octanol–water partition coefficient (Wildman–Crippen LogP) is 3.47. The van der Waals surface area contributed by atoms with Gasteiger partial charge in [0.05, 0.1) is 6.04 Å². The van der Waals surface area contributed by atoms with E-state index in [1.807, 2.05) is 0 Å². The highest BCUT2D eigenvalue weighted by atomic mass is 32.1. The number of rotatable bonds is 3. The Labute approximate surface area is 104 Å². The van der Waals surface area contributed by atoms with Gasteiger partial charge in [-0.15, -0.1) is 11.3 Å². The van der Waals surface area contributed by atoms with Crippen molar-refractivity contribution in [2.45, 2.75) is 25.1 Å². The van der Waals surface area contributed by atoms with Crippen LogP contribution in [0.1, 0.15) is 17.8 Å². The molecule has 1 unspecified atom stereocenters. The first-order chi connectivity index (χ1) is 8.09. The van der Waals surface area contributed by atoms with Crippen LogP contribution in [0.5, 0.6) is 0 Å². The molecule has 0 saturated heterocycles. The number of hydrogen-bond donors (Lipinski definition) is 0. The molecule has 2 nitrogen and oxygen atoms in total. The second-order valence-electron chi connectivity index (χ2n) is 3.68. The second-order valence-corrected chi connectivity index (χ2v) is 4.66. The van der Waals surface area contributed by atoms with Gasteiger partial charge >= 0.3 is 18.0 Å². The molecule has 8 heteroatoms. The lowest BCUT2D eigenvalue weighted by Crippen LogP contribution is -2.51. The van der Waals surface area contributed by atoms with Crippen LogP contribution in [0.25, 0.3) is 0 Å². The summed E-state index contributed by atoms with van der Waals surface area (Å²) in [6.45, 7) is 1.39. The van der Waals surface area contributed by atoms with E-state index < -0.39 is 24.0 Å². The number of hydrogen-bond acceptors (Lipinski definition) is 2. The highest BCUT2D eigenvalue weighted by Crippen LogP contribution is 2.38. The van der Waals surface area contributed by atoms with E-state index in [0.29, 0.717) is 9.78 Å². The number of amides is 1. The standard InChI is InChI=1S/C10H10F5NOS/c1-6(7-4-3-5-18-7)16(2)8(17)9(11,12)10(13,14)15/h3-6H,1-2H3. The van der Waals surface area contributed by atoms with Crippen molar-refractivity contribution in [2.24, 2.45) is 0 Å². The van der Waals surface area contributed by atoms with Crippen LogP contribution in [-0.2, 0) is 4.79 Å². The second kappa shape index (κ2) is 4.83. The lowest BCUT2D eigenvalue weighted by molar-refractivity contribution is -0.274. The fourth-order valence-electron chi connectivity index (χ4n) is 1.24. The van der Waals surface area contributed by atoms with E-state index in [4.69, 9.17) is 0 Å². The lowest BCUT2D eigenvalue weighted by Gasteiger charge is -2.28. The Bertz CT molecular complexity index is 414. The third kappa shape index (κ3) is 2.63. The van der Waals surface area contributed by atoms with E-state index in [2.05, 4.69) is 0 Å². The van der Waals surface area contributed by atoms with Crippen molar-refractivity contribution in [1.82, 2.24) is 4.90 Å². The molecule has 0 aliphatic heterocycles. The van der Waals surface area contributed by atoms with Gasteiger partial charge in [-0.2, -0.15) is 22.0 Å². The molecule has 0 aliphatic carbocycles. The largest absolute Gasteiger partial charge is 0.463 e. The van der Waals surface area contributed by atoms with Crippen LogP contribution in [0.2, 0.25) is 0 Å². The average molecular weight is 287 g/mol. The Morgan fingerprint density at radius 1 is 1.33 bits per heavy atom. The van der Waals surface area contributed by atoms with Crippen molar-refractivity contribution in [1.29, 1.82) is 0 Å². The fourth-order valence-corrected chi connectivity index (χ4v) is 2.06. The van der Waals surface area contributed by atoms with Crippen LogP contribution < -0.4 is 0 Å². The van der Waals surface area contributed by atoms with Crippen LogP contribution in [0.3, 0.4) is 0 Å². The van der Waals surface area contributed by atoms with Gasteiger partial charge in [-0.05, 0) is 18.4 Å². The highest BCUT2D eigenvalue weighted by Gasteiger charge is 2.64. The van der Waals surface area contributed by atoms with E-state index in [0.717, 1.165) is 7.05 Å². The third-order valence-electron chi connectivity index (χ3n) is 2.48. The van der Waals surface area contributed by atoms with Crippen LogP contribution in [0, 0.1) is 0 Å². The van der Waals surface area contributed by atoms with Crippen molar-refractivity contribution in [2.75, 3.05) is 7.05 Å². The zero-order chi connectivity index (χ0) is 14.1. The summed E-state index contributed by atoms with van der Waals surface area (Å²) in [6.07, 6.45) is -5.88. The number of halogens is 5. The third-order valence-corrected chi connectivity index (χ3v) is 3.52. The maximum Gasteiger partial charge on any atom is 0.463 e. The molecule has 0 radical (unpaired) electrons. The van der Waals surface area contributed by atoms with Crippen molar-refractivity contribution >= 4 is 17.2 Å². The van der Waals surface area contributed by atoms with Gasteiger partial charge in [0.1, 0.15) is 0 Å². The molecule has 1 heterocycles. The van der Waals surface area contributed by atoms with Gasteiger partial charge < -0.3 is 4.90 Å². The molecule has 0 spiro atoms. The zero-order valence-corrected chi connectivity index (χ0v) is 10.3. The minimum atomic E-state index is -5.88. The Morgan fingerprint density at radius 3 is 2.28 bits per heavy atom. The molecule has 1 atom stereocenters. The average Bonchev–Trinajstić information content (AvgIpc) is 2.77. The van der Waals surface area contributed by atoms with Gasteiger partial charge in [0, 0.05) is 11.9 Å². The smallest absolute Gasteiger partial charge is 0.333 e.